The smallest absolute Gasteiger partial charge is 0.198 e. The van der Waals surface area contributed by atoms with Crippen molar-refractivity contribution in [1.82, 2.24) is 0 Å². The average molecular weight is 309 g/mol. The summed E-state index contributed by atoms with van der Waals surface area (Å²) in [4.78, 5) is 12.6. The van der Waals surface area contributed by atoms with Gasteiger partial charge in [0.2, 0.25) is 0 Å². The number of ether oxygens (including phenoxy) is 1. The fourth-order valence-corrected chi connectivity index (χ4v) is 2.32. The van der Waals surface area contributed by atoms with E-state index in [1.54, 1.807) is 36.4 Å². The van der Waals surface area contributed by atoms with Crippen molar-refractivity contribution in [2.45, 2.75) is 20.0 Å². The molecular weight excluding hydrogens is 295 g/mol. The summed E-state index contributed by atoms with van der Waals surface area (Å²) in [5, 5.41) is 0.833. The summed E-state index contributed by atoms with van der Waals surface area (Å²) in [5.74, 6) is 0.376. The van der Waals surface area contributed by atoms with Crippen LogP contribution in [-0.2, 0) is 0 Å². The number of halogens is 2. The van der Waals surface area contributed by atoms with Gasteiger partial charge in [0.05, 0.1) is 16.7 Å². The lowest BCUT2D eigenvalue weighted by Crippen LogP contribution is -2.11. The molecule has 2 aromatic carbocycles. The van der Waals surface area contributed by atoms with Crippen LogP contribution in [0.5, 0.6) is 5.75 Å². The molecule has 0 aliphatic heterocycles. The Bertz CT molecular complexity index is 636. The Morgan fingerprint density at radius 3 is 2.40 bits per heavy atom. The Morgan fingerprint density at radius 2 is 1.75 bits per heavy atom. The molecule has 0 atom stereocenters. The van der Waals surface area contributed by atoms with Crippen LogP contribution in [-0.4, -0.2) is 11.9 Å². The highest BCUT2D eigenvalue weighted by molar-refractivity contribution is 6.37. The Kier molecular flexibility index (Phi) is 4.69. The Hall–Kier alpha value is -1.51. The standard InChI is InChI=1S/C16H14Cl2O2/c1-10(2)20-15-6-4-3-5-13(15)16(19)12-8-7-11(17)9-14(12)18/h3-10H,1-2H3. The molecule has 0 heterocycles. The predicted octanol–water partition coefficient (Wildman–Crippen LogP) is 5.01. The fourth-order valence-electron chi connectivity index (χ4n) is 1.83. The van der Waals surface area contributed by atoms with Crippen LogP contribution in [0.4, 0.5) is 0 Å². The Morgan fingerprint density at radius 1 is 1.05 bits per heavy atom. The molecule has 0 aliphatic rings. The van der Waals surface area contributed by atoms with Crippen molar-refractivity contribution in [3.8, 4) is 5.75 Å². The minimum atomic E-state index is -0.178. The molecule has 2 rings (SSSR count). The molecule has 0 saturated carbocycles. The topological polar surface area (TPSA) is 26.3 Å². The van der Waals surface area contributed by atoms with Crippen molar-refractivity contribution >= 4 is 29.0 Å². The van der Waals surface area contributed by atoms with Crippen LogP contribution in [0.2, 0.25) is 10.0 Å². The number of hydrogen-bond donors (Lipinski definition) is 0. The summed E-state index contributed by atoms with van der Waals surface area (Å²) in [6, 6.07) is 12.0. The third-order valence-corrected chi connectivity index (χ3v) is 3.22. The van der Waals surface area contributed by atoms with E-state index in [-0.39, 0.29) is 11.9 Å². The first-order valence-corrected chi connectivity index (χ1v) is 7.00. The van der Waals surface area contributed by atoms with Crippen LogP contribution < -0.4 is 4.74 Å². The molecule has 0 saturated heterocycles. The molecule has 0 fully saturated rings. The van der Waals surface area contributed by atoms with E-state index in [0.29, 0.717) is 26.9 Å². The number of rotatable bonds is 4. The SMILES string of the molecule is CC(C)Oc1ccccc1C(=O)c1ccc(Cl)cc1Cl. The quantitative estimate of drug-likeness (QED) is 0.742. The number of carbonyl (C=O) groups excluding carboxylic acids is 1. The van der Waals surface area contributed by atoms with E-state index >= 15 is 0 Å². The summed E-state index contributed by atoms with van der Waals surface area (Å²) in [5.41, 5.74) is 0.904. The van der Waals surface area contributed by atoms with Gasteiger partial charge >= 0.3 is 0 Å². The van der Waals surface area contributed by atoms with Crippen LogP contribution in [0.15, 0.2) is 42.5 Å². The second-order valence-electron chi connectivity index (χ2n) is 4.62. The first-order valence-electron chi connectivity index (χ1n) is 6.24. The first kappa shape index (κ1) is 14.9. The molecule has 0 unspecified atom stereocenters. The van der Waals surface area contributed by atoms with Crippen LogP contribution in [0.3, 0.4) is 0 Å². The molecule has 0 aromatic heterocycles. The summed E-state index contributed by atoms with van der Waals surface area (Å²) < 4.78 is 5.66. The van der Waals surface area contributed by atoms with Crippen molar-refractivity contribution in [2.75, 3.05) is 0 Å². The number of hydrogen-bond acceptors (Lipinski definition) is 2. The molecule has 0 radical (unpaired) electrons. The van der Waals surface area contributed by atoms with E-state index in [1.165, 1.54) is 0 Å². The summed E-state index contributed by atoms with van der Waals surface area (Å²) >= 11 is 11.9. The van der Waals surface area contributed by atoms with Gasteiger partial charge < -0.3 is 4.74 Å². The van der Waals surface area contributed by atoms with E-state index in [4.69, 9.17) is 27.9 Å². The maximum atomic E-state index is 12.6. The summed E-state index contributed by atoms with van der Waals surface area (Å²) in [7, 11) is 0. The van der Waals surface area contributed by atoms with Gasteiger partial charge in [0.15, 0.2) is 5.78 Å². The second kappa shape index (κ2) is 6.29. The summed E-state index contributed by atoms with van der Waals surface area (Å²) in [6.07, 6.45) is -0.00959. The highest BCUT2D eigenvalue weighted by Gasteiger charge is 2.17. The molecule has 0 bridgehead atoms. The van der Waals surface area contributed by atoms with Crippen LogP contribution in [0.1, 0.15) is 29.8 Å². The van der Waals surface area contributed by atoms with Crippen molar-refractivity contribution in [1.29, 1.82) is 0 Å². The average Bonchev–Trinajstić information content (AvgIpc) is 2.38. The van der Waals surface area contributed by atoms with Gasteiger partial charge in [-0.1, -0.05) is 35.3 Å². The maximum absolute atomic E-state index is 12.6. The fraction of sp³-hybridized carbons (Fsp3) is 0.188. The molecule has 4 heteroatoms. The third-order valence-electron chi connectivity index (χ3n) is 2.67. The molecule has 0 N–H and O–H groups in total. The zero-order valence-corrected chi connectivity index (χ0v) is 12.7. The zero-order chi connectivity index (χ0) is 14.7. The van der Waals surface area contributed by atoms with Gasteiger partial charge in [-0.25, -0.2) is 0 Å². The van der Waals surface area contributed by atoms with E-state index in [9.17, 15) is 4.79 Å². The van der Waals surface area contributed by atoms with Gasteiger partial charge in [0, 0.05) is 10.6 Å². The number of ketones is 1. The highest BCUT2D eigenvalue weighted by Crippen LogP contribution is 2.27. The lowest BCUT2D eigenvalue weighted by atomic mass is 10.0. The molecule has 2 nitrogen and oxygen atoms in total. The van der Waals surface area contributed by atoms with Gasteiger partial charge in [0.25, 0.3) is 0 Å². The largest absolute Gasteiger partial charge is 0.490 e. The molecule has 0 aliphatic carbocycles. The molecule has 20 heavy (non-hydrogen) atoms. The van der Waals surface area contributed by atoms with E-state index < -0.39 is 0 Å². The lowest BCUT2D eigenvalue weighted by Gasteiger charge is -2.14. The minimum Gasteiger partial charge on any atom is -0.490 e. The number of carbonyl (C=O) groups is 1. The predicted molar refractivity (Wildman–Crippen MR) is 82.1 cm³/mol. The van der Waals surface area contributed by atoms with Crippen LogP contribution in [0.25, 0.3) is 0 Å². The van der Waals surface area contributed by atoms with Gasteiger partial charge in [-0.15, -0.1) is 0 Å². The van der Waals surface area contributed by atoms with Crippen molar-refractivity contribution in [2.24, 2.45) is 0 Å². The summed E-state index contributed by atoms with van der Waals surface area (Å²) in [6.45, 7) is 3.83. The highest BCUT2D eigenvalue weighted by atomic mass is 35.5. The van der Waals surface area contributed by atoms with Crippen molar-refractivity contribution < 1.29 is 9.53 Å². The van der Waals surface area contributed by atoms with E-state index in [2.05, 4.69) is 0 Å². The Labute approximate surface area is 128 Å². The van der Waals surface area contributed by atoms with Gasteiger partial charge in [-0.2, -0.15) is 0 Å². The van der Waals surface area contributed by atoms with Crippen LogP contribution >= 0.6 is 23.2 Å². The van der Waals surface area contributed by atoms with Gasteiger partial charge in [-0.05, 0) is 44.2 Å². The monoisotopic (exact) mass is 308 g/mol. The van der Waals surface area contributed by atoms with Gasteiger partial charge in [-0.3, -0.25) is 4.79 Å². The molecule has 104 valence electrons. The number of benzene rings is 2. The van der Waals surface area contributed by atoms with E-state index in [1.807, 2.05) is 19.9 Å². The zero-order valence-electron chi connectivity index (χ0n) is 11.2. The van der Waals surface area contributed by atoms with Crippen LogP contribution in [0, 0.1) is 0 Å². The molecule has 2 aromatic rings. The number of para-hydroxylation sites is 1. The van der Waals surface area contributed by atoms with Crippen molar-refractivity contribution in [3.05, 3.63) is 63.6 Å². The Balaban J connectivity index is 2.43. The normalized spacial score (nSPS) is 10.7. The van der Waals surface area contributed by atoms with Crippen molar-refractivity contribution in [3.63, 3.8) is 0 Å². The molecule has 0 amide bonds. The maximum Gasteiger partial charge on any atom is 0.198 e. The first-order chi connectivity index (χ1) is 9.49. The lowest BCUT2D eigenvalue weighted by molar-refractivity contribution is 0.103. The van der Waals surface area contributed by atoms with Gasteiger partial charge in [0.1, 0.15) is 5.75 Å². The molecular formula is C16H14Cl2O2. The minimum absolute atomic E-state index is 0.00959. The second-order valence-corrected chi connectivity index (χ2v) is 5.46. The molecule has 0 spiro atoms. The third kappa shape index (κ3) is 3.33. The van der Waals surface area contributed by atoms with E-state index in [0.717, 1.165) is 0 Å².